The second-order valence-corrected chi connectivity index (χ2v) is 17.1. The predicted molar refractivity (Wildman–Crippen MR) is 82.1 cm³/mol. The summed E-state index contributed by atoms with van der Waals surface area (Å²) in [6.07, 6.45) is 8.06. The van der Waals surface area contributed by atoms with E-state index >= 15 is 0 Å². The van der Waals surface area contributed by atoms with E-state index in [0.717, 1.165) is 12.8 Å². The fraction of sp³-hybridized carbons (Fsp3) is 0.857. The monoisotopic (exact) mass is 518 g/mol. The molecule has 0 amide bonds. The Morgan fingerprint density at radius 1 is 0.700 bits per heavy atom. The van der Waals surface area contributed by atoms with Crippen LogP contribution in [0.5, 0.6) is 0 Å². The number of carbonyl (C=O) groups excluding carboxylic acids is 2. The van der Waals surface area contributed by atoms with Gasteiger partial charge in [0.1, 0.15) is 0 Å². The molecule has 0 atom stereocenters. The van der Waals surface area contributed by atoms with Crippen molar-refractivity contribution in [2.24, 2.45) is 0 Å². The van der Waals surface area contributed by atoms with Gasteiger partial charge in [0.05, 0.1) is 0 Å². The summed E-state index contributed by atoms with van der Waals surface area (Å²) in [5, 5.41) is 0. The Balaban J connectivity index is 3.06. The summed E-state index contributed by atoms with van der Waals surface area (Å²) in [5.74, 6) is -0.163. The number of ether oxygens (including phenoxy) is 2. The molecule has 0 bridgehead atoms. The maximum atomic E-state index is 10.9. The molecule has 0 saturated heterocycles. The van der Waals surface area contributed by atoms with Crippen molar-refractivity contribution in [2.75, 3.05) is 14.2 Å². The van der Waals surface area contributed by atoms with Gasteiger partial charge in [0.15, 0.2) is 0 Å². The van der Waals surface area contributed by atoms with Crippen LogP contribution in [0.2, 0.25) is 8.94 Å². The minimum absolute atomic E-state index is 0.0813. The number of rotatable bonds is 13. The van der Waals surface area contributed by atoms with E-state index in [1.54, 1.807) is 0 Å². The first-order valence-corrected chi connectivity index (χ1v) is 17.7. The molecule has 118 valence electrons. The van der Waals surface area contributed by atoms with Gasteiger partial charge in [0, 0.05) is 0 Å². The molecule has 6 heteroatoms. The first-order chi connectivity index (χ1) is 9.70. The quantitative estimate of drug-likeness (QED) is 0.216. The van der Waals surface area contributed by atoms with E-state index in [1.165, 1.54) is 48.8 Å². The van der Waals surface area contributed by atoms with Gasteiger partial charge in [-0.15, -0.1) is 0 Å². The number of hydrogen-bond donors (Lipinski definition) is 0. The van der Waals surface area contributed by atoms with E-state index in [4.69, 9.17) is 0 Å². The van der Waals surface area contributed by atoms with Gasteiger partial charge in [-0.2, -0.15) is 0 Å². The van der Waals surface area contributed by atoms with E-state index in [0.29, 0.717) is 47.0 Å². The van der Waals surface area contributed by atoms with Crippen LogP contribution < -0.4 is 0 Å². The van der Waals surface area contributed by atoms with Gasteiger partial charge < -0.3 is 0 Å². The molecule has 20 heavy (non-hydrogen) atoms. The Labute approximate surface area is 139 Å². The summed E-state index contributed by atoms with van der Waals surface area (Å²) in [4.78, 5) is 21.8. The fourth-order valence-electron chi connectivity index (χ4n) is 1.54. The summed E-state index contributed by atoms with van der Waals surface area (Å²) in [5.41, 5.74) is 0. The van der Waals surface area contributed by atoms with Gasteiger partial charge in [-0.25, -0.2) is 0 Å². The van der Waals surface area contributed by atoms with Gasteiger partial charge in [-0.1, -0.05) is 0 Å². The molecule has 0 N–H and O–H groups in total. The van der Waals surface area contributed by atoms with Crippen LogP contribution in [0.4, 0.5) is 0 Å². The zero-order valence-electron chi connectivity index (χ0n) is 12.5. The molecule has 0 aliphatic heterocycles. The molecular formula is C14H26O4Te2. The summed E-state index contributed by atoms with van der Waals surface area (Å²) in [6.45, 7) is 0. The minimum atomic E-state index is -0.0813. The first kappa shape index (κ1) is 20.5. The number of methoxy groups -OCH3 is 2. The average Bonchev–Trinajstić information content (AvgIpc) is 2.47. The summed E-state index contributed by atoms with van der Waals surface area (Å²) in [7, 11) is 2.90. The Kier molecular flexibility index (Phi) is 16.3. The van der Waals surface area contributed by atoms with Crippen LogP contribution in [0, 0.1) is 0 Å². The van der Waals surface area contributed by atoms with E-state index in [2.05, 4.69) is 9.47 Å². The molecule has 0 aliphatic carbocycles. The second-order valence-electron chi connectivity index (χ2n) is 4.42. The molecule has 0 spiro atoms. The Hall–Kier alpha value is 0.519. The molecule has 0 aliphatic rings. The van der Waals surface area contributed by atoms with Crippen molar-refractivity contribution >= 4 is 46.1 Å². The van der Waals surface area contributed by atoms with Crippen LogP contribution in [0.15, 0.2) is 0 Å². The van der Waals surface area contributed by atoms with Gasteiger partial charge in [0.25, 0.3) is 0 Å². The number of hydrogen-bond acceptors (Lipinski definition) is 4. The zero-order chi connectivity index (χ0) is 15.1. The van der Waals surface area contributed by atoms with Crippen molar-refractivity contribution in [1.29, 1.82) is 0 Å². The van der Waals surface area contributed by atoms with Crippen molar-refractivity contribution in [3.8, 4) is 0 Å². The van der Waals surface area contributed by atoms with E-state index in [-0.39, 0.29) is 11.9 Å². The molecule has 4 nitrogen and oxygen atoms in total. The molecule has 0 heterocycles. The number of esters is 2. The van der Waals surface area contributed by atoms with Gasteiger partial charge >= 0.3 is 140 Å². The van der Waals surface area contributed by atoms with Crippen LogP contribution in [-0.2, 0) is 19.1 Å². The van der Waals surface area contributed by atoms with Crippen molar-refractivity contribution < 1.29 is 19.1 Å². The van der Waals surface area contributed by atoms with Crippen LogP contribution in [-0.4, -0.2) is 60.3 Å². The molecule has 0 saturated carbocycles. The topological polar surface area (TPSA) is 52.6 Å². The predicted octanol–water partition coefficient (Wildman–Crippen LogP) is 2.61. The van der Waals surface area contributed by atoms with Gasteiger partial charge in [-0.3, -0.25) is 0 Å². The van der Waals surface area contributed by atoms with Crippen LogP contribution in [0.3, 0.4) is 0 Å². The van der Waals surface area contributed by atoms with Crippen LogP contribution in [0.1, 0.15) is 51.4 Å². The van der Waals surface area contributed by atoms with Crippen molar-refractivity contribution in [1.82, 2.24) is 0 Å². The van der Waals surface area contributed by atoms with E-state index < -0.39 is 0 Å². The Morgan fingerprint density at radius 3 is 1.45 bits per heavy atom. The summed E-state index contributed by atoms with van der Waals surface area (Å²) in [6, 6.07) is 0. The average molecular weight is 514 g/mol. The Bertz CT molecular complexity index is 234. The van der Waals surface area contributed by atoms with Crippen LogP contribution >= 0.6 is 0 Å². The molecular weight excluding hydrogens is 487 g/mol. The van der Waals surface area contributed by atoms with E-state index in [1.807, 2.05) is 0 Å². The van der Waals surface area contributed by atoms with E-state index in [9.17, 15) is 9.59 Å². The Morgan fingerprint density at radius 2 is 1.10 bits per heavy atom. The molecule has 0 radical (unpaired) electrons. The van der Waals surface area contributed by atoms with Gasteiger partial charge in [0.2, 0.25) is 0 Å². The second kappa shape index (κ2) is 15.9. The third-order valence-corrected chi connectivity index (χ3v) is 15.4. The number of unbranched alkanes of at least 4 members (excludes halogenated alkanes) is 4. The zero-order valence-corrected chi connectivity index (χ0v) is 17.2. The maximum absolute atomic E-state index is 10.9. The first-order valence-electron chi connectivity index (χ1n) is 7.08. The SMILES string of the molecule is COC(=O)CCCCC[Te][Te]CCCCCC(=O)OC. The van der Waals surface area contributed by atoms with Crippen molar-refractivity contribution in [3.63, 3.8) is 0 Å². The standard InChI is InChI=1S/C14H26O4Te2/c1-17-13(15)9-5-3-7-11-19-20-12-8-4-6-10-14(16)18-2/h3-12H2,1-2H3. The summed E-state index contributed by atoms with van der Waals surface area (Å²) >= 11 is 0.604. The normalized spacial score (nSPS) is 10.3. The van der Waals surface area contributed by atoms with Crippen LogP contribution in [0.25, 0.3) is 0 Å². The molecule has 0 aromatic heterocycles. The number of carbonyl (C=O) groups is 2. The fourth-order valence-corrected chi connectivity index (χ4v) is 13.1. The third kappa shape index (κ3) is 14.9. The molecule has 0 rings (SSSR count). The molecule has 0 aromatic rings. The van der Waals surface area contributed by atoms with Crippen molar-refractivity contribution in [2.45, 2.75) is 60.3 Å². The van der Waals surface area contributed by atoms with Gasteiger partial charge in [-0.05, 0) is 0 Å². The molecule has 0 aromatic carbocycles. The third-order valence-electron chi connectivity index (χ3n) is 2.76. The van der Waals surface area contributed by atoms with Crippen molar-refractivity contribution in [3.05, 3.63) is 0 Å². The summed E-state index contributed by atoms with van der Waals surface area (Å²) < 4.78 is 12.1. The molecule has 0 fully saturated rings. The molecule has 0 unspecified atom stereocenters.